The third kappa shape index (κ3) is 9.61. The summed E-state index contributed by atoms with van der Waals surface area (Å²) in [5, 5.41) is 34.4. The molecular weight excluding hydrogens is 716 g/mol. The molecular formula is C42H47ClN8O4. The number of halogens is 1. The average Bonchev–Trinajstić information content (AvgIpc) is 3.90. The topological polar surface area (TPSA) is 146 Å². The molecule has 2 aliphatic heterocycles. The maximum absolute atomic E-state index is 9.82. The molecule has 0 radical (unpaired) electrons. The highest BCUT2D eigenvalue weighted by atomic mass is 35.5. The van der Waals surface area contributed by atoms with E-state index in [2.05, 4.69) is 79.6 Å². The fourth-order valence-electron chi connectivity index (χ4n) is 7.57. The molecule has 0 spiro atoms. The van der Waals surface area contributed by atoms with Crippen molar-refractivity contribution in [3.8, 4) is 34.4 Å². The number of ether oxygens (including phenoxy) is 3. The van der Waals surface area contributed by atoms with Crippen molar-refractivity contribution in [2.24, 2.45) is 0 Å². The summed E-state index contributed by atoms with van der Waals surface area (Å²) in [4.78, 5) is 8.86. The number of benzene rings is 3. The van der Waals surface area contributed by atoms with Crippen LogP contribution in [0.25, 0.3) is 11.1 Å². The van der Waals surface area contributed by atoms with E-state index < -0.39 is 0 Å². The highest BCUT2D eigenvalue weighted by Crippen LogP contribution is 2.37. The van der Waals surface area contributed by atoms with Gasteiger partial charge in [0.15, 0.2) is 5.82 Å². The second-order valence-corrected chi connectivity index (χ2v) is 14.9. The summed E-state index contributed by atoms with van der Waals surface area (Å²) in [5.74, 6) is 3.07. The molecule has 5 aromatic rings. The van der Waals surface area contributed by atoms with Crippen LogP contribution in [0.4, 0.5) is 0 Å². The summed E-state index contributed by atoms with van der Waals surface area (Å²) < 4.78 is 19.1. The number of pyridine rings is 1. The SMILES string of the molecule is Cc1c(COc2cc(OCc3cncc(C#N)c3)c(CN3CCCC(c4nnn[nH]4)C3)cc2Cl)cccc1-c1cccc(OCCCN2CC[C@@H](O)C2)c1C. The van der Waals surface area contributed by atoms with Crippen molar-refractivity contribution in [2.75, 3.05) is 39.3 Å². The molecule has 2 fully saturated rings. The number of aromatic amines is 1. The van der Waals surface area contributed by atoms with Crippen molar-refractivity contribution in [2.45, 2.75) is 71.3 Å². The lowest BCUT2D eigenvalue weighted by Crippen LogP contribution is -2.34. The number of piperidine rings is 1. The minimum Gasteiger partial charge on any atom is -0.493 e. The number of nitrogens with one attached hydrogen (secondary N) is 1. The summed E-state index contributed by atoms with van der Waals surface area (Å²) in [6.07, 6.45) is 6.82. The summed E-state index contributed by atoms with van der Waals surface area (Å²) in [6, 6.07) is 20.2. The average molecular weight is 763 g/mol. The number of hydrogen-bond donors (Lipinski definition) is 2. The van der Waals surface area contributed by atoms with Gasteiger partial charge in [0.25, 0.3) is 0 Å². The van der Waals surface area contributed by atoms with E-state index in [1.807, 2.05) is 24.3 Å². The predicted molar refractivity (Wildman–Crippen MR) is 209 cm³/mol. The van der Waals surface area contributed by atoms with Crippen molar-refractivity contribution in [3.63, 3.8) is 0 Å². The molecule has 0 bridgehead atoms. The van der Waals surface area contributed by atoms with Crippen molar-refractivity contribution in [1.29, 1.82) is 5.26 Å². The van der Waals surface area contributed by atoms with E-state index in [9.17, 15) is 10.4 Å². The molecule has 4 heterocycles. The number of aromatic nitrogens is 5. The summed E-state index contributed by atoms with van der Waals surface area (Å²) >= 11 is 6.95. The van der Waals surface area contributed by atoms with Crippen LogP contribution in [0.15, 0.2) is 67.0 Å². The number of aliphatic hydroxyl groups excluding tert-OH is 1. The summed E-state index contributed by atoms with van der Waals surface area (Å²) in [5.41, 5.74) is 7.69. The molecule has 1 unspecified atom stereocenters. The first-order valence-electron chi connectivity index (χ1n) is 18.9. The Kier molecular flexibility index (Phi) is 12.5. The largest absolute Gasteiger partial charge is 0.493 e. The van der Waals surface area contributed by atoms with Gasteiger partial charge in [-0.25, -0.2) is 5.10 Å². The van der Waals surface area contributed by atoms with Crippen molar-refractivity contribution in [1.82, 2.24) is 35.4 Å². The Hall–Kier alpha value is -5.06. The first-order chi connectivity index (χ1) is 26.8. The Bertz CT molecular complexity index is 2110. The van der Waals surface area contributed by atoms with E-state index >= 15 is 0 Å². The van der Waals surface area contributed by atoms with Crippen LogP contribution in [-0.4, -0.2) is 85.9 Å². The van der Waals surface area contributed by atoms with Crippen molar-refractivity contribution >= 4 is 11.6 Å². The Morgan fingerprint density at radius 3 is 2.53 bits per heavy atom. The number of nitrogens with zero attached hydrogens (tertiary/aromatic N) is 7. The molecule has 13 heteroatoms. The molecule has 2 N–H and O–H groups in total. The Morgan fingerprint density at radius 1 is 0.891 bits per heavy atom. The van der Waals surface area contributed by atoms with Crippen LogP contribution < -0.4 is 14.2 Å². The van der Waals surface area contributed by atoms with E-state index in [4.69, 9.17) is 25.8 Å². The Balaban J connectivity index is 1.06. The molecule has 286 valence electrons. The van der Waals surface area contributed by atoms with Gasteiger partial charge >= 0.3 is 0 Å². The molecule has 2 atom stereocenters. The monoisotopic (exact) mass is 762 g/mol. The second kappa shape index (κ2) is 18.0. The minimum atomic E-state index is -0.203. The zero-order chi connectivity index (χ0) is 38.1. The molecule has 2 saturated heterocycles. The fourth-order valence-corrected chi connectivity index (χ4v) is 7.81. The molecule has 2 aliphatic rings. The van der Waals surface area contributed by atoms with Gasteiger partial charge in [0, 0.05) is 68.2 Å². The first kappa shape index (κ1) is 38.2. The number of H-pyrrole nitrogens is 1. The minimum absolute atomic E-state index is 0.203. The summed E-state index contributed by atoms with van der Waals surface area (Å²) in [6.45, 7) is 10.4. The Morgan fingerprint density at radius 2 is 1.73 bits per heavy atom. The number of aliphatic hydroxyl groups is 1. The number of hydrogen-bond acceptors (Lipinski definition) is 11. The third-order valence-electron chi connectivity index (χ3n) is 10.6. The molecule has 12 nitrogen and oxygen atoms in total. The predicted octanol–water partition coefficient (Wildman–Crippen LogP) is 6.78. The molecule has 7 rings (SSSR count). The van der Waals surface area contributed by atoms with Crippen LogP contribution in [0.5, 0.6) is 17.2 Å². The number of rotatable bonds is 15. The molecule has 0 saturated carbocycles. The molecule has 0 amide bonds. The van der Waals surface area contributed by atoms with Gasteiger partial charge in [-0.1, -0.05) is 41.9 Å². The number of β-amino-alcohol motifs (C(OH)–C–C–N with tert-alkyl or cyclic N) is 1. The number of likely N-dealkylation sites (tertiary alicyclic amines) is 2. The fraction of sp³-hybridized carbons (Fsp3) is 0.405. The van der Waals surface area contributed by atoms with Gasteiger partial charge in [0.2, 0.25) is 0 Å². The van der Waals surface area contributed by atoms with Gasteiger partial charge < -0.3 is 24.2 Å². The van der Waals surface area contributed by atoms with E-state index in [-0.39, 0.29) is 18.6 Å². The van der Waals surface area contributed by atoms with E-state index in [0.29, 0.717) is 41.8 Å². The van der Waals surface area contributed by atoms with Gasteiger partial charge in [0.1, 0.15) is 36.5 Å². The second-order valence-electron chi connectivity index (χ2n) is 14.5. The van der Waals surface area contributed by atoms with Gasteiger partial charge in [-0.2, -0.15) is 5.26 Å². The smallest absolute Gasteiger partial charge is 0.152 e. The van der Waals surface area contributed by atoms with E-state index in [0.717, 1.165) is 109 Å². The molecule has 3 aromatic carbocycles. The van der Waals surface area contributed by atoms with Gasteiger partial charge in [-0.05, 0) is 103 Å². The highest BCUT2D eigenvalue weighted by molar-refractivity contribution is 6.32. The molecule has 2 aromatic heterocycles. The number of tetrazole rings is 1. The van der Waals surface area contributed by atoms with Gasteiger partial charge in [-0.15, -0.1) is 5.10 Å². The van der Waals surface area contributed by atoms with Gasteiger partial charge in [0.05, 0.1) is 23.3 Å². The normalized spacial score (nSPS) is 17.6. The lowest BCUT2D eigenvalue weighted by Gasteiger charge is -2.32. The van der Waals surface area contributed by atoms with Crippen LogP contribution in [0.1, 0.15) is 70.8 Å². The van der Waals surface area contributed by atoms with Crippen molar-refractivity contribution < 1.29 is 19.3 Å². The zero-order valence-electron chi connectivity index (χ0n) is 31.4. The van der Waals surface area contributed by atoms with E-state index in [1.54, 1.807) is 12.3 Å². The van der Waals surface area contributed by atoms with Crippen LogP contribution in [0.2, 0.25) is 5.02 Å². The maximum Gasteiger partial charge on any atom is 0.152 e. The third-order valence-corrected chi connectivity index (χ3v) is 10.9. The lowest BCUT2D eigenvalue weighted by atomic mass is 9.93. The standard InChI is InChI=1S/C42H47ClN8O4/c1-28-33(7-3-9-36(28)37-10-4-11-39(29(37)2)53-16-6-14-50-15-12-35(52)25-50)27-55-41-19-40(54-26-31-17-30(20-44)21-45-22-31)34(18-38(41)43)24-51-13-5-8-32(23-51)42-46-48-49-47-42/h3-4,7,9-11,17-19,21-22,32,35,52H,5-6,8,12-16,23-27H2,1-2H3,(H,46,47,48,49)/t32?,35-/m1/s1. The van der Waals surface area contributed by atoms with Crippen molar-refractivity contribution in [3.05, 3.63) is 111 Å². The highest BCUT2D eigenvalue weighted by Gasteiger charge is 2.26. The van der Waals surface area contributed by atoms with Crippen LogP contribution in [0, 0.1) is 25.2 Å². The molecule has 55 heavy (non-hydrogen) atoms. The van der Waals surface area contributed by atoms with Crippen LogP contribution in [0.3, 0.4) is 0 Å². The van der Waals surface area contributed by atoms with Crippen LogP contribution in [-0.2, 0) is 19.8 Å². The summed E-state index contributed by atoms with van der Waals surface area (Å²) in [7, 11) is 0. The van der Waals surface area contributed by atoms with Crippen LogP contribution >= 0.6 is 11.6 Å². The van der Waals surface area contributed by atoms with E-state index in [1.165, 1.54) is 6.20 Å². The number of nitriles is 1. The lowest BCUT2D eigenvalue weighted by molar-refractivity contribution is 0.173. The molecule has 0 aliphatic carbocycles. The first-order valence-corrected chi connectivity index (χ1v) is 19.3. The zero-order valence-corrected chi connectivity index (χ0v) is 32.1. The Labute approximate surface area is 327 Å². The quantitative estimate of drug-likeness (QED) is 0.109. The maximum atomic E-state index is 9.82. The van der Waals surface area contributed by atoms with Gasteiger partial charge in [-0.3, -0.25) is 9.88 Å².